The Hall–Kier alpha value is -2.61. The largest absolute Gasteiger partial charge is 0.289 e. The van der Waals surface area contributed by atoms with Crippen molar-refractivity contribution in [1.82, 2.24) is 15.2 Å². The normalized spacial score (nSPS) is 10.4. The van der Waals surface area contributed by atoms with E-state index in [2.05, 4.69) is 5.10 Å². The first-order valence-electron chi connectivity index (χ1n) is 5.52. The number of benzene rings is 1. The summed E-state index contributed by atoms with van der Waals surface area (Å²) in [5, 5.41) is 3.67. The molecule has 1 heterocycles. The van der Waals surface area contributed by atoms with Crippen molar-refractivity contribution in [2.24, 2.45) is 5.84 Å². The third kappa shape index (κ3) is 2.28. The fourth-order valence-electron chi connectivity index (χ4n) is 1.69. The molecule has 1 amide bonds. The van der Waals surface area contributed by atoms with Gasteiger partial charge in [-0.25, -0.2) is 19.3 Å². The maximum atomic E-state index is 13.7. The summed E-state index contributed by atoms with van der Waals surface area (Å²) < 4.78 is 28.3. The molecular weight excluding hydrogens is 270 g/mol. The van der Waals surface area contributed by atoms with Gasteiger partial charge in [0, 0.05) is 11.8 Å². The van der Waals surface area contributed by atoms with Crippen LogP contribution in [0.5, 0.6) is 0 Å². The summed E-state index contributed by atoms with van der Waals surface area (Å²) in [6, 6.07) is 4.32. The van der Waals surface area contributed by atoms with Gasteiger partial charge >= 0.3 is 0 Å². The van der Waals surface area contributed by atoms with E-state index in [1.807, 2.05) is 0 Å². The molecule has 1 aromatic carbocycles. The molecule has 8 heteroatoms. The molecule has 0 unspecified atom stereocenters. The van der Waals surface area contributed by atoms with Crippen LogP contribution in [0.15, 0.2) is 29.1 Å². The van der Waals surface area contributed by atoms with Crippen molar-refractivity contribution >= 4 is 5.91 Å². The Labute approximate surface area is 111 Å². The molecule has 3 N–H and O–H groups in total. The molecule has 0 bridgehead atoms. The zero-order chi connectivity index (χ0) is 14.9. The predicted molar refractivity (Wildman–Crippen MR) is 66.1 cm³/mol. The summed E-state index contributed by atoms with van der Waals surface area (Å²) in [6.07, 6.45) is 0. The van der Waals surface area contributed by atoms with Gasteiger partial charge in [-0.05, 0) is 19.1 Å². The second kappa shape index (κ2) is 5.17. The van der Waals surface area contributed by atoms with E-state index in [1.165, 1.54) is 13.0 Å². The average molecular weight is 280 g/mol. The van der Waals surface area contributed by atoms with Crippen LogP contribution in [0.25, 0.3) is 5.69 Å². The third-order valence-electron chi connectivity index (χ3n) is 2.60. The highest BCUT2D eigenvalue weighted by Gasteiger charge is 2.18. The van der Waals surface area contributed by atoms with Crippen LogP contribution < -0.4 is 16.7 Å². The molecule has 0 radical (unpaired) electrons. The van der Waals surface area contributed by atoms with E-state index >= 15 is 0 Å². The van der Waals surface area contributed by atoms with Crippen LogP contribution >= 0.6 is 0 Å². The molecule has 1 aromatic heterocycles. The Morgan fingerprint density at radius 2 is 1.95 bits per heavy atom. The molecule has 104 valence electrons. The predicted octanol–water partition coefficient (Wildman–Crippen LogP) is 0.423. The van der Waals surface area contributed by atoms with Crippen LogP contribution in [0.4, 0.5) is 8.78 Å². The van der Waals surface area contributed by atoms with Gasteiger partial charge < -0.3 is 0 Å². The summed E-state index contributed by atoms with van der Waals surface area (Å²) >= 11 is 0. The molecule has 6 nitrogen and oxygen atoms in total. The quantitative estimate of drug-likeness (QED) is 0.474. The van der Waals surface area contributed by atoms with Crippen molar-refractivity contribution < 1.29 is 13.6 Å². The number of nitrogens with one attached hydrogen (secondary N) is 1. The Kier molecular flexibility index (Phi) is 3.57. The van der Waals surface area contributed by atoms with E-state index in [0.29, 0.717) is 0 Å². The lowest BCUT2D eigenvalue weighted by Gasteiger charge is -2.12. The number of carbonyl (C=O) groups excluding carboxylic acids is 1. The SMILES string of the molecule is Cc1cc(=O)c(C(=O)NN)nn1-c1c(F)cccc1F. The van der Waals surface area contributed by atoms with Crippen molar-refractivity contribution in [2.75, 3.05) is 0 Å². The van der Waals surface area contributed by atoms with Crippen molar-refractivity contribution in [3.63, 3.8) is 0 Å². The zero-order valence-electron chi connectivity index (χ0n) is 10.4. The summed E-state index contributed by atoms with van der Waals surface area (Å²) in [4.78, 5) is 23.0. The smallest absolute Gasteiger partial charge is 0.289 e. The molecule has 20 heavy (non-hydrogen) atoms. The van der Waals surface area contributed by atoms with Gasteiger partial charge in [0.1, 0.15) is 5.69 Å². The van der Waals surface area contributed by atoms with E-state index in [9.17, 15) is 18.4 Å². The highest BCUT2D eigenvalue weighted by Crippen LogP contribution is 2.17. The molecule has 2 rings (SSSR count). The average Bonchev–Trinajstić information content (AvgIpc) is 2.40. The molecule has 0 atom stereocenters. The zero-order valence-corrected chi connectivity index (χ0v) is 10.4. The van der Waals surface area contributed by atoms with Gasteiger partial charge in [-0.3, -0.25) is 15.0 Å². The lowest BCUT2D eigenvalue weighted by atomic mass is 10.2. The molecular formula is C12H10F2N4O2. The van der Waals surface area contributed by atoms with Crippen molar-refractivity contribution in [2.45, 2.75) is 6.92 Å². The molecule has 0 fully saturated rings. The fourth-order valence-corrected chi connectivity index (χ4v) is 1.69. The van der Waals surface area contributed by atoms with Crippen molar-refractivity contribution in [3.05, 3.63) is 57.5 Å². The van der Waals surface area contributed by atoms with Crippen LogP contribution in [0.1, 0.15) is 16.2 Å². The number of hydrogen-bond acceptors (Lipinski definition) is 4. The number of rotatable bonds is 2. The number of para-hydroxylation sites is 1. The molecule has 0 saturated heterocycles. The third-order valence-corrected chi connectivity index (χ3v) is 2.60. The number of hydrazine groups is 1. The summed E-state index contributed by atoms with van der Waals surface area (Å²) in [5.74, 6) is 2.24. The number of hydrogen-bond donors (Lipinski definition) is 2. The molecule has 0 aliphatic rings. The number of aryl methyl sites for hydroxylation is 1. The van der Waals surface area contributed by atoms with Crippen molar-refractivity contribution in [1.29, 1.82) is 0 Å². The minimum Gasteiger partial charge on any atom is -0.289 e. The second-order valence-corrected chi connectivity index (χ2v) is 3.95. The van der Waals surface area contributed by atoms with Gasteiger partial charge in [0.2, 0.25) is 5.43 Å². The molecule has 0 aliphatic carbocycles. The van der Waals surface area contributed by atoms with E-state index in [-0.39, 0.29) is 5.69 Å². The summed E-state index contributed by atoms with van der Waals surface area (Å²) in [5.41, 5.74) is 0.194. The minimum absolute atomic E-state index is 0.174. The molecule has 0 spiro atoms. The fraction of sp³-hybridized carbons (Fsp3) is 0.0833. The highest BCUT2D eigenvalue weighted by molar-refractivity contribution is 5.91. The summed E-state index contributed by atoms with van der Waals surface area (Å²) in [6.45, 7) is 1.43. The number of carbonyl (C=O) groups is 1. The van der Waals surface area contributed by atoms with Crippen LogP contribution in [0.3, 0.4) is 0 Å². The van der Waals surface area contributed by atoms with Crippen LogP contribution in [-0.2, 0) is 0 Å². The Bertz CT molecular complexity index is 722. The van der Waals surface area contributed by atoms with E-state index < -0.39 is 34.4 Å². The van der Waals surface area contributed by atoms with E-state index in [4.69, 9.17) is 5.84 Å². The number of aromatic nitrogens is 2. The summed E-state index contributed by atoms with van der Waals surface area (Å²) in [7, 11) is 0. The Morgan fingerprint density at radius 1 is 1.35 bits per heavy atom. The maximum absolute atomic E-state index is 13.7. The van der Waals surface area contributed by atoms with Crippen LogP contribution in [0, 0.1) is 18.6 Å². The van der Waals surface area contributed by atoms with E-state index in [1.54, 1.807) is 5.43 Å². The Balaban J connectivity index is 2.75. The van der Waals surface area contributed by atoms with Gasteiger partial charge in [-0.1, -0.05) is 6.07 Å². The number of halogens is 2. The molecule has 2 aromatic rings. The number of nitrogens with zero attached hydrogens (tertiary/aromatic N) is 2. The highest BCUT2D eigenvalue weighted by atomic mass is 19.1. The Morgan fingerprint density at radius 3 is 2.50 bits per heavy atom. The first-order chi connectivity index (χ1) is 9.45. The topological polar surface area (TPSA) is 90.0 Å². The van der Waals surface area contributed by atoms with Crippen LogP contribution in [0.2, 0.25) is 0 Å². The second-order valence-electron chi connectivity index (χ2n) is 3.95. The lowest BCUT2D eigenvalue weighted by Crippen LogP contribution is -2.36. The lowest BCUT2D eigenvalue weighted by molar-refractivity contribution is 0.0945. The van der Waals surface area contributed by atoms with Crippen LogP contribution in [-0.4, -0.2) is 15.7 Å². The first-order valence-corrected chi connectivity index (χ1v) is 5.52. The minimum atomic E-state index is -0.944. The number of nitrogens with two attached hydrogens (primary N) is 1. The van der Waals surface area contributed by atoms with Gasteiger partial charge in [0.15, 0.2) is 17.3 Å². The van der Waals surface area contributed by atoms with Gasteiger partial charge in [0.05, 0.1) is 0 Å². The number of amides is 1. The van der Waals surface area contributed by atoms with Gasteiger partial charge in [0.25, 0.3) is 5.91 Å². The van der Waals surface area contributed by atoms with Crippen molar-refractivity contribution in [3.8, 4) is 5.69 Å². The van der Waals surface area contributed by atoms with Gasteiger partial charge in [-0.2, -0.15) is 5.10 Å². The van der Waals surface area contributed by atoms with Gasteiger partial charge in [-0.15, -0.1) is 0 Å². The maximum Gasteiger partial charge on any atom is 0.289 e. The molecule has 0 saturated carbocycles. The van der Waals surface area contributed by atoms with E-state index in [0.717, 1.165) is 22.9 Å². The monoisotopic (exact) mass is 280 g/mol. The standard InChI is InChI=1S/C12H10F2N4O2/c1-6-5-9(19)10(12(20)16-15)17-18(6)11-7(13)3-2-4-8(11)14/h2-5H,15H2,1H3,(H,16,20). The number of nitrogen functional groups attached to an aromatic ring is 1. The first kappa shape index (κ1) is 13.8. The molecule has 0 aliphatic heterocycles.